The van der Waals surface area contributed by atoms with Crippen LogP contribution in [0.5, 0.6) is 0 Å². The van der Waals surface area contributed by atoms with Gasteiger partial charge in [-0.2, -0.15) is 0 Å². The van der Waals surface area contributed by atoms with Gasteiger partial charge in [0.2, 0.25) is 5.91 Å². The number of amides is 1. The average molecular weight is 315 g/mol. The third-order valence-corrected chi connectivity index (χ3v) is 5.98. The lowest BCUT2D eigenvalue weighted by molar-refractivity contribution is -0.121. The molecule has 1 N–H and O–H groups in total. The molecule has 1 aromatic heterocycles. The van der Waals surface area contributed by atoms with E-state index in [0.717, 1.165) is 51.0 Å². The highest BCUT2D eigenvalue weighted by Gasteiger charge is 2.32. The number of carbonyl (C=O) groups is 1. The lowest BCUT2D eigenvalue weighted by Gasteiger charge is -2.36. The van der Waals surface area contributed by atoms with E-state index in [0.29, 0.717) is 11.8 Å². The summed E-state index contributed by atoms with van der Waals surface area (Å²) >= 11 is 1.81. The minimum atomic E-state index is 0.243. The summed E-state index contributed by atoms with van der Waals surface area (Å²) in [4.78, 5) is 19.0. The average Bonchev–Trinajstić information content (AvgIpc) is 2.82. The molecule has 22 heavy (non-hydrogen) atoms. The number of piperidine rings is 1. The van der Waals surface area contributed by atoms with Crippen LogP contribution in [0.2, 0.25) is 0 Å². The van der Waals surface area contributed by atoms with Crippen LogP contribution in [0.1, 0.15) is 24.3 Å². The van der Waals surface area contributed by atoms with Crippen LogP contribution in [0.4, 0.5) is 0 Å². The van der Waals surface area contributed by atoms with E-state index in [2.05, 4.69) is 28.4 Å². The summed E-state index contributed by atoms with van der Waals surface area (Å²) in [5, 5.41) is 4.23. The third kappa shape index (κ3) is 2.88. The number of para-hydroxylation sites is 1. The number of thiazole rings is 1. The maximum Gasteiger partial charge on any atom is 0.220 e. The number of hydrogen-bond donors (Lipinski definition) is 1. The standard InChI is InChI=1S/C17H21N3OS/c21-16-9-12-6-8-20(10-13(12)5-7-18-16)11-17-19-14-3-1-2-4-15(14)22-17/h1-4,12-13H,5-11H2,(H,18,21). The minimum Gasteiger partial charge on any atom is -0.356 e. The fourth-order valence-electron chi connectivity index (χ4n) is 3.78. The van der Waals surface area contributed by atoms with Crippen LogP contribution in [0.3, 0.4) is 0 Å². The van der Waals surface area contributed by atoms with Crippen LogP contribution in [0.25, 0.3) is 10.2 Å². The molecule has 1 aromatic carbocycles. The number of benzene rings is 1. The van der Waals surface area contributed by atoms with Crippen molar-refractivity contribution in [1.82, 2.24) is 15.2 Å². The maximum absolute atomic E-state index is 11.7. The number of carbonyl (C=O) groups excluding carboxylic acids is 1. The van der Waals surface area contributed by atoms with Gasteiger partial charge in [0, 0.05) is 19.5 Å². The molecule has 4 rings (SSSR count). The van der Waals surface area contributed by atoms with Crippen molar-refractivity contribution >= 4 is 27.5 Å². The van der Waals surface area contributed by atoms with Crippen LogP contribution in [-0.2, 0) is 11.3 Å². The molecule has 0 aliphatic carbocycles. The minimum absolute atomic E-state index is 0.243. The zero-order valence-corrected chi connectivity index (χ0v) is 13.4. The van der Waals surface area contributed by atoms with Crippen LogP contribution in [-0.4, -0.2) is 35.4 Å². The number of nitrogens with zero attached hydrogens (tertiary/aromatic N) is 2. The molecule has 2 atom stereocenters. The van der Waals surface area contributed by atoms with E-state index in [1.807, 2.05) is 6.07 Å². The summed E-state index contributed by atoms with van der Waals surface area (Å²) in [7, 11) is 0. The van der Waals surface area contributed by atoms with Crippen molar-refractivity contribution < 1.29 is 4.79 Å². The van der Waals surface area contributed by atoms with Gasteiger partial charge in [0.15, 0.2) is 0 Å². The summed E-state index contributed by atoms with van der Waals surface area (Å²) in [6, 6.07) is 8.35. The molecule has 2 aliphatic heterocycles. The van der Waals surface area contributed by atoms with Crippen molar-refractivity contribution in [3.05, 3.63) is 29.3 Å². The molecule has 116 valence electrons. The molecule has 2 fully saturated rings. The van der Waals surface area contributed by atoms with Crippen molar-refractivity contribution in [2.24, 2.45) is 11.8 Å². The van der Waals surface area contributed by atoms with Crippen LogP contribution in [0.15, 0.2) is 24.3 Å². The second-order valence-corrected chi connectivity index (χ2v) is 7.58. The molecule has 5 heteroatoms. The van der Waals surface area contributed by atoms with E-state index in [1.165, 1.54) is 9.71 Å². The predicted octanol–water partition coefficient (Wildman–Crippen LogP) is 2.64. The smallest absolute Gasteiger partial charge is 0.220 e. The van der Waals surface area contributed by atoms with Crippen molar-refractivity contribution in [3.8, 4) is 0 Å². The molecule has 2 aromatic rings. The fourth-order valence-corrected chi connectivity index (χ4v) is 4.79. The van der Waals surface area contributed by atoms with Crippen LogP contribution >= 0.6 is 11.3 Å². The summed E-state index contributed by atoms with van der Waals surface area (Å²) in [6.07, 6.45) is 2.98. The van der Waals surface area contributed by atoms with Gasteiger partial charge in [0.1, 0.15) is 5.01 Å². The number of rotatable bonds is 2. The maximum atomic E-state index is 11.7. The molecular formula is C17H21N3OS. The fraction of sp³-hybridized carbons (Fsp3) is 0.529. The zero-order chi connectivity index (χ0) is 14.9. The third-order valence-electron chi connectivity index (χ3n) is 4.96. The van der Waals surface area contributed by atoms with Gasteiger partial charge in [-0.05, 0) is 43.4 Å². The Kier molecular flexibility index (Phi) is 3.84. The largest absolute Gasteiger partial charge is 0.356 e. The number of fused-ring (bicyclic) bond motifs is 2. The second kappa shape index (κ2) is 5.97. The van der Waals surface area contributed by atoms with Crippen molar-refractivity contribution in [3.63, 3.8) is 0 Å². The monoisotopic (exact) mass is 315 g/mol. The molecule has 0 radical (unpaired) electrons. The van der Waals surface area contributed by atoms with E-state index >= 15 is 0 Å². The van der Waals surface area contributed by atoms with Crippen LogP contribution < -0.4 is 5.32 Å². The topological polar surface area (TPSA) is 45.2 Å². The molecule has 4 nitrogen and oxygen atoms in total. The first-order valence-corrected chi connectivity index (χ1v) is 8.93. The number of likely N-dealkylation sites (tertiary alicyclic amines) is 1. The van der Waals surface area contributed by atoms with Gasteiger partial charge >= 0.3 is 0 Å². The van der Waals surface area contributed by atoms with Gasteiger partial charge in [-0.3, -0.25) is 9.69 Å². The summed E-state index contributed by atoms with van der Waals surface area (Å²) < 4.78 is 1.27. The molecule has 0 bridgehead atoms. The Morgan fingerprint density at radius 1 is 1.27 bits per heavy atom. The molecular weight excluding hydrogens is 294 g/mol. The Bertz CT molecular complexity index is 650. The highest BCUT2D eigenvalue weighted by atomic mass is 32.1. The number of hydrogen-bond acceptors (Lipinski definition) is 4. The van der Waals surface area contributed by atoms with E-state index < -0.39 is 0 Å². The van der Waals surface area contributed by atoms with Crippen molar-refractivity contribution in [2.45, 2.75) is 25.8 Å². The first-order chi connectivity index (χ1) is 10.8. The summed E-state index contributed by atoms with van der Waals surface area (Å²) in [6.45, 7) is 3.98. The Hall–Kier alpha value is -1.46. The van der Waals surface area contributed by atoms with E-state index in [4.69, 9.17) is 4.98 Å². The van der Waals surface area contributed by atoms with Gasteiger partial charge < -0.3 is 5.32 Å². The molecule has 2 saturated heterocycles. The zero-order valence-electron chi connectivity index (χ0n) is 12.6. The molecule has 2 unspecified atom stereocenters. The molecule has 0 saturated carbocycles. The van der Waals surface area contributed by atoms with Crippen LogP contribution in [0, 0.1) is 11.8 Å². The highest BCUT2D eigenvalue weighted by molar-refractivity contribution is 7.18. The lowest BCUT2D eigenvalue weighted by atomic mass is 9.82. The van der Waals surface area contributed by atoms with Gasteiger partial charge in [-0.1, -0.05) is 12.1 Å². The van der Waals surface area contributed by atoms with Gasteiger partial charge in [0.05, 0.1) is 16.8 Å². The Labute approximate surface area is 134 Å². The van der Waals surface area contributed by atoms with Gasteiger partial charge in [-0.15, -0.1) is 11.3 Å². The SMILES string of the molecule is O=C1CC2CCN(Cc3nc4ccccc4s3)CC2CCN1. The molecule has 1 amide bonds. The van der Waals surface area contributed by atoms with E-state index in [-0.39, 0.29) is 5.91 Å². The van der Waals surface area contributed by atoms with E-state index in [1.54, 1.807) is 11.3 Å². The lowest BCUT2D eigenvalue weighted by Crippen LogP contribution is -2.40. The number of aromatic nitrogens is 1. The highest BCUT2D eigenvalue weighted by Crippen LogP contribution is 2.32. The molecule has 2 aliphatic rings. The predicted molar refractivity (Wildman–Crippen MR) is 88.7 cm³/mol. The summed E-state index contributed by atoms with van der Waals surface area (Å²) in [5.41, 5.74) is 1.11. The normalized spacial score (nSPS) is 26.5. The van der Waals surface area contributed by atoms with Gasteiger partial charge in [0.25, 0.3) is 0 Å². The summed E-state index contributed by atoms with van der Waals surface area (Å²) in [5.74, 6) is 1.48. The quantitative estimate of drug-likeness (QED) is 0.926. The Balaban J connectivity index is 1.44. The number of nitrogens with one attached hydrogen (secondary N) is 1. The molecule has 0 spiro atoms. The molecule has 3 heterocycles. The Morgan fingerprint density at radius 2 is 2.18 bits per heavy atom. The Morgan fingerprint density at radius 3 is 3.09 bits per heavy atom. The van der Waals surface area contributed by atoms with Crippen molar-refractivity contribution in [1.29, 1.82) is 0 Å². The van der Waals surface area contributed by atoms with Crippen molar-refractivity contribution in [2.75, 3.05) is 19.6 Å². The van der Waals surface area contributed by atoms with E-state index in [9.17, 15) is 4.79 Å². The van der Waals surface area contributed by atoms with Gasteiger partial charge in [-0.25, -0.2) is 4.98 Å². The first kappa shape index (κ1) is 14.2. The first-order valence-electron chi connectivity index (χ1n) is 8.11. The second-order valence-electron chi connectivity index (χ2n) is 6.46.